The van der Waals surface area contributed by atoms with Crippen molar-refractivity contribution in [2.45, 2.75) is 63.5 Å². The number of ether oxygens (including phenoxy) is 1. The highest BCUT2D eigenvalue weighted by atomic mass is 16.5. The molecule has 2 fully saturated rings. The third kappa shape index (κ3) is 2.41. The van der Waals surface area contributed by atoms with Crippen molar-refractivity contribution in [2.75, 3.05) is 6.61 Å². The minimum Gasteiger partial charge on any atom is -0.378 e. The maximum Gasteiger partial charge on any atom is 0.232 e. The van der Waals surface area contributed by atoms with Gasteiger partial charge in [-0.05, 0) is 44.9 Å². The topological polar surface area (TPSA) is 74.2 Å². The van der Waals surface area contributed by atoms with Crippen molar-refractivity contribution in [3.05, 3.63) is 11.7 Å². The van der Waals surface area contributed by atoms with Crippen molar-refractivity contribution in [2.24, 2.45) is 11.7 Å². The van der Waals surface area contributed by atoms with E-state index in [2.05, 4.69) is 24.0 Å². The van der Waals surface area contributed by atoms with Gasteiger partial charge in [0.05, 0.1) is 17.6 Å². The fourth-order valence-electron chi connectivity index (χ4n) is 3.14. The van der Waals surface area contributed by atoms with E-state index in [9.17, 15) is 0 Å². The van der Waals surface area contributed by atoms with Crippen molar-refractivity contribution in [1.82, 2.24) is 10.1 Å². The first kappa shape index (κ1) is 13.1. The molecule has 0 radical (unpaired) electrons. The fraction of sp³-hybridized carbons (Fsp3) is 0.857. The molecule has 19 heavy (non-hydrogen) atoms. The monoisotopic (exact) mass is 265 g/mol. The summed E-state index contributed by atoms with van der Waals surface area (Å²) in [7, 11) is 0. The molecular formula is C14H23N3O2. The van der Waals surface area contributed by atoms with Crippen LogP contribution in [0.4, 0.5) is 0 Å². The van der Waals surface area contributed by atoms with Gasteiger partial charge < -0.3 is 15.0 Å². The maximum absolute atomic E-state index is 6.47. The minimum absolute atomic E-state index is 0.161. The van der Waals surface area contributed by atoms with Crippen LogP contribution in [-0.2, 0) is 10.3 Å². The molecule has 2 heterocycles. The summed E-state index contributed by atoms with van der Waals surface area (Å²) in [6, 6.07) is 0. The van der Waals surface area contributed by atoms with Gasteiger partial charge in [0.25, 0.3) is 0 Å². The predicted octanol–water partition coefficient (Wildman–Crippen LogP) is 2.33. The predicted molar refractivity (Wildman–Crippen MR) is 70.6 cm³/mol. The zero-order valence-corrected chi connectivity index (χ0v) is 11.8. The number of aromatic nitrogens is 2. The van der Waals surface area contributed by atoms with Crippen LogP contribution < -0.4 is 5.73 Å². The van der Waals surface area contributed by atoms with E-state index in [-0.39, 0.29) is 12.0 Å². The Morgan fingerprint density at radius 1 is 1.21 bits per heavy atom. The van der Waals surface area contributed by atoms with E-state index in [1.165, 1.54) is 0 Å². The molecule has 5 nitrogen and oxygen atoms in total. The molecule has 1 aromatic rings. The molecule has 0 aromatic carbocycles. The highest BCUT2D eigenvalue weighted by Gasteiger charge is 2.38. The summed E-state index contributed by atoms with van der Waals surface area (Å²) in [5.74, 6) is 2.37. The molecule has 3 rings (SSSR count). The lowest BCUT2D eigenvalue weighted by atomic mass is 9.77. The normalized spacial score (nSPS) is 39.6. The molecule has 106 valence electrons. The lowest BCUT2D eigenvalue weighted by Crippen LogP contribution is -2.41. The molecule has 2 atom stereocenters. The Balaban J connectivity index is 1.77. The Bertz CT molecular complexity index is 438. The molecule has 2 aliphatic rings. The first-order valence-electron chi connectivity index (χ1n) is 7.33. The Hall–Kier alpha value is -0.940. The average molecular weight is 265 g/mol. The molecule has 1 aromatic heterocycles. The van der Waals surface area contributed by atoms with Crippen molar-refractivity contribution in [3.8, 4) is 0 Å². The summed E-state index contributed by atoms with van der Waals surface area (Å²) < 4.78 is 11.0. The van der Waals surface area contributed by atoms with Gasteiger partial charge in [-0.2, -0.15) is 4.98 Å². The molecular weight excluding hydrogens is 242 g/mol. The third-order valence-electron chi connectivity index (χ3n) is 4.75. The van der Waals surface area contributed by atoms with Gasteiger partial charge in [0.1, 0.15) is 0 Å². The quantitative estimate of drug-likeness (QED) is 0.888. The Morgan fingerprint density at radius 3 is 2.58 bits per heavy atom. The number of nitrogens with zero attached hydrogens (tertiary/aromatic N) is 2. The van der Waals surface area contributed by atoms with Gasteiger partial charge in [0.15, 0.2) is 5.82 Å². The lowest BCUT2D eigenvalue weighted by molar-refractivity contribution is 0.113. The van der Waals surface area contributed by atoms with E-state index < -0.39 is 5.54 Å². The summed E-state index contributed by atoms with van der Waals surface area (Å²) >= 11 is 0. The van der Waals surface area contributed by atoms with Gasteiger partial charge in [-0.1, -0.05) is 12.1 Å². The van der Waals surface area contributed by atoms with E-state index in [0.717, 1.165) is 44.6 Å². The van der Waals surface area contributed by atoms with E-state index in [0.29, 0.717) is 11.7 Å². The van der Waals surface area contributed by atoms with Crippen molar-refractivity contribution >= 4 is 0 Å². The molecule has 1 aliphatic carbocycles. The van der Waals surface area contributed by atoms with Gasteiger partial charge in [-0.15, -0.1) is 0 Å². The van der Waals surface area contributed by atoms with Crippen LogP contribution >= 0.6 is 0 Å². The van der Waals surface area contributed by atoms with E-state index in [1.807, 2.05) is 0 Å². The number of nitrogens with two attached hydrogens (primary N) is 1. The number of rotatable bonds is 2. The summed E-state index contributed by atoms with van der Waals surface area (Å²) in [4.78, 5) is 4.58. The van der Waals surface area contributed by atoms with Gasteiger partial charge >= 0.3 is 0 Å². The first-order chi connectivity index (χ1) is 9.08. The van der Waals surface area contributed by atoms with Crippen molar-refractivity contribution in [1.29, 1.82) is 0 Å². The van der Waals surface area contributed by atoms with Gasteiger partial charge in [0, 0.05) is 6.61 Å². The highest BCUT2D eigenvalue weighted by molar-refractivity contribution is 5.08. The van der Waals surface area contributed by atoms with E-state index in [1.54, 1.807) is 0 Å². The van der Waals surface area contributed by atoms with Crippen LogP contribution in [0.15, 0.2) is 4.52 Å². The smallest absolute Gasteiger partial charge is 0.232 e. The minimum atomic E-state index is -0.392. The lowest BCUT2D eigenvalue weighted by Gasteiger charge is -2.33. The van der Waals surface area contributed by atoms with Gasteiger partial charge in [-0.25, -0.2) is 0 Å². The SMILES string of the molecule is CC1CCC(N)(c2noc(C3CCOC3C)n2)CC1. The Labute approximate surface area is 113 Å². The molecule has 2 unspecified atom stereocenters. The highest BCUT2D eigenvalue weighted by Crippen LogP contribution is 2.37. The Kier molecular flexibility index (Phi) is 3.35. The van der Waals surface area contributed by atoms with Crippen LogP contribution in [0.3, 0.4) is 0 Å². The first-order valence-corrected chi connectivity index (χ1v) is 7.33. The van der Waals surface area contributed by atoms with Crippen LogP contribution in [0.1, 0.15) is 63.6 Å². The van der Waals surface area contributed by atoms with Crippen molar-refractivity contribution < 1.29 is 9.26 Å². The average Bonchev–Trinajstić information content (AvgIpc) is 3.01. The van der Waals surface area contributed by atoms with Crippen LogP contribution in [-0.4, -0.2) is 22.9 Å². The molecule has 1 saturated heterocycles. The second-order valence-electron chi connectivity index (χ2n) is 6.27. The Morgan fingerprint density at radius 2 is 1.95 bits per heavy atom. The van der Waals surface area contributed by atoms with Gasteiger partial charge in [0.2, 0.25) is 5.89 Å². The summed E-state index contributed by atoms with van der Waals surface area (Å²) in [6.45, 7) is 5.11. The zero-order chi connectivity index (χ0) is 13.5. The van der Waals surface area contributed by atoms with Crippen LogP contribution in [0.5, 0.6) is 0 Å². The van der Waals surface area contributed by atoms with E-state index >= 15 is 0 Å². The molecule has 0 bridgehead atoms. The summed E-state index contributed by atoms with van der Waals surface area (Å²) in [6.07, 6.45) is 5.30. The second-order valence-corrected chi connectivity index (χ2v) is 6.27. The van der Waals surface area contributed by atoms with Crippen LogP contribution in [0.25, 0.3) is 0 Å². The standard InChI is InChI=1S/C14H23N3O2/c1-9-3-6-14(15,7-4-9)13-16-12(19-17-13)11-5-8-18-10(11)2/h9-11H,3-8,15H2,1-2H3. The van der Waals surface area contributed by atoms with Crippen LogP contribution in [0, 0.1) is 5.92 Å². The third-order valence-corrected chi connectivity index (χ3v) is 4.75. The molecule has 5 heteroatoms. The molecule has 1 saturated carbocycles. The fourth-order valence-corrected chi connectivity index (χ4v) is 3.14. The van der Waals surface area contributed by atoms with Gasteiger partial charge in [-0.3, -0.25) is 0 Å². The zero-order valence-electron chi connectivity index (χ0n) is 11.8. The largest absolute Gasteiger partial charge is 0.378 e. The summed E-state index contributed by atoms with van der Waals surface area (Å²) in [5.41, 5.74) is 6.08. The van der Waals surface area contributed by atoms with Crippen molar-refractivity contribution in [3.63, 3.8) is 0 Å². The van der Waals surface area contributed by atoms with Crippen LogP contribution in [0.2, 0.25) is 0 Å². The number of hydrogen-bond donors (Lipinski definition) is 1. The maximum atomic E-state index is 6.47. The summed E-state index contributed by atoms with van der Waals surface area (Å²) in [5, 5.41) is 4.15. The molecule has 0 spiro atoms. The second kappa shape index (κ2) is 4.87. The number of hydrogen-bond acceptors (Lipinski definition) is 5. The van der Waals surface area contributed by atoms with E-state index in [4.69, 9.17) is 15.0 Å². The molecule has 1 aliphatic heterocycles. The molecule has 0 amide bonds. The molecule has 2 N–H and O–H groups in total.